The van der Waals surface area contributed by atoms with Crippen LogP contribution in [-0.4, -0.2) is 4.98 Å². The summed E-state index contributed by atoms with van der Waals surface area (Å²) in [4.78, 5) is 3.93. The highest BCUT2D eigenvalue weighted by atomic mass is 16.3. The fraction of sp³-hybridized carbons (Fsp3) is 0.438. The first-order chi connectivity index (χ1) is 8.90. The minimum Gasteiger partial charge on any atom is -0.444 e. The van der Waals surface area contributed by atoms with Crippen LogP contribution in [0.2, 0.25) is 0 Å². The summed E-state index contributed by atoms with van der Waals surface area (Å²) >= 11 is 0. The minimum atomic E-state index is 0.837. The van der Waals surface area contributed by atoms with Gasteiger partial charge in [0.25, 0.3) is 0 Å². The fourth-order valence-electron chi connectivity index (χ4n) is 2.13. The third-order valence-corrected chi connectivity index (χ3v) is 3.24. The van der Waals surface area contributed by atoms with Crippen molar-refractivity contribution >= 4 is 0 Å². The lowest BCUT2D eigenvalue weighted by molar-refractivity contribution is 0.572. The van der Waals surface area contributed by atoms with Gasteiger partial charge in [0.15, 0.2) is 12.2 Å². The number of nitrogens with zero attached hydrogens (tertiary/aromatic N) is 1. The van der Waals surface area contributed by atoms with Gasteiger partial charge in [0, 0.05) is 5.56 Å². The highest BCUT2D eigenvalue weighted by Gasteiger charge is 2.01. The molecule has 0 amide bonds. The normalized spacial score (nSPS) is 10.7. The molecule has 0 bridgehead atoms. The van der Waals surface area contributed by atoms with E-state index in [2.05, 4.69) is 36.2 Å². The Hall–Kier alpha value is -1.57. The Bertz CT molecular complexity index is 431. The van der Waals surface area contributed by atoms with Gasteiger partial charge in [-0.3, -0.25) is 0 Å². The van der Waals surface area contributed by atoms with Crippen molar-refractivity contribution in [1.82, 2.24) is 4.98 Å². The molecule has 0 fully saturated rings. The molecule has 2 nitrogen and oxygen atoms in total. The van der Waals surface area contributed by atoms with Gasteiger partial charge < -0.3 is 4.42 Å². The van der Waals surface area contributed by atoms with Crippen molar-refractivity contribution in [3.05, 3.63) is 42.4 Å². The van der Waals surface area contributed by atoms with E-state index in [-0.39, 0.29) is 0 Å². The molecule has 1 aromatic heterocycles. The van der Waals surface area contributed by atoms with Crippen molar-refractivity contribution in [3.8, 4) is 11.3 Å². The Labute approximate surface area is 109 Å². The summed E-state index contributed by atoms with van der Waals surface area (Å²) < 4.78 is 5.27. The Morgan fingerprint density at radius 3 is 2.44 bits per heavy atom. The zero-order valence-electron chi connectivity index (χ0n) is 11.1. The van der Waals surface area contributed by atoms with Crippen molar-refractivity contribution < 1.29 is 4.42 Å². The van der Waals surface area contributed by atoms with Crippen molar-refractivity contribution in [3.63, 3.8) is 0 Å². The molecule has 2 aromatic rings. The maximum Gasteiger partial charge on any atom is 0.181 e. The first-order valence-corrected chi connectivity index (χ1v) is 6.88. The molecule has 0 radical (unpaired) electrons. The summed E-state index contributed by atoms with van der Waals surface area (Å²) in [6.45, 7) is 2.25. The molecular formula is C16H21NO. The van der Waals surface area contributed by atoms with Gasteiger partial charge in [-0.1, -0.05) is 56.9 Å². The first kappa shape index (κ1) is 12.9. The third-order valence-electron chi connectivity index (χ3n) is 3.24. The minimum absolute atomic E-state index is 0.837. The average Bonchev–Trinajstić information content (AvgIpc) is 2.93. The van der Waals surface area contributed by atoms with Gasteiger partial charge in [-0.05, 0) is 18.4 Å². The molecular weight excluding hydrogens is 222 g/mol. The molecule has 96 valence electrons. The van der Waals surface area contributed by atoms with Gasteiger partial charge in [0.1, 0.15) is 0 Å². The molecule has 0 saturated heterocycles. The Morgan fingerprint density at radius 1 is 1.00 bits per heavy atom. The number of unbranched alkanes of at least 4 members (excludes halogenated alkanes) is 4. The van der Waals surface area contributed by atoms with Crippen LogP contribution in [0.25, 0.3) is 11.3 Å². The van der Waals surface area contributed by atoms with Crippen LogP contribution >= 0.6 is 0 Å². The van der Waals surface area contributed by atoms with Crippen molar-refractivity contribution in [2.45, 2.75) is 45.4 Å². The average molecular weight is 243 g/mol. The number of oxazole rings is 1. The number of benzene rings is 1. The van der Waals surface area contributed by atoms with Crippen LogP contribution in [0.15, 0.2) is 41.3 Å². The highest BCUT2D eigenvalue weighted by Crippen LogP contribution is 2.19. The van der Waals surface area contributed by atoms with Gasteiger partial charge >= 0.3 is 0 Å². The molecule has 0 atom stereocenters. The third kappa shape index (κ3) is 3.73. The molecule has 0 aliphatic heterocycles. The second kappa shape index (κ2) is 7.00. The van der Waals surface area contributed by atoms with Crippen LogP contribution in [0.1, 0.15) is 44.6 Å². The van der Waals surface area contributed by atoms with Gasteiger partial charge in [-0.25, -0.2) is 4.98 Å². The zero-order valence-corrected chi connectivity index (χ0v) is 11.1. The van der Waals surface area contributed by atoms with E-state index >= 15 is 0 Å². The van der Waals surface area contributed by atoms with E-state index in [4.69, 9.17) is 4.42 Å². The maximum absolute atomic E-state index is 5.27. The highest BCUT2D eigenvalue weighted by molar-refractivity contribution is 5.56. The molecule has 0 aliphatic carbocycles. The molecule has 18 heavy (non-hydrogen) atoms. The summed E-state index contributed by atoms with van der Waals surface area (Å²) in [5.41, 5.74) is 2.51. The topological polar surface area (TPSA) is 26.0 Å². The van der Waals surface area contributed by atoms with Crippen LogP contribution in [0.3, 0.4) is 0 Å². The van der Waals surface area contributed by atoms with Gasteiger partial charge in [0.2, 0.25) is 0 Å². The molecule has 2 rings (SSSR count). The quantitative estimate of drug-likeness (QED) is 0.649. The van der Waals surface area contributed by atoms with Crippen LogP contribution < -0.4 is 0 Å². The van der Waals surface area contributed by atoms with E-state index in [0.29, 0.717) is 0 Å². The van der Waals surface area contributed by atoms with Crippen LogP contribution in [-0.2, 0) is 6.42 Å². The molecule has 2 heteroatoms. The predicted molar refractivity (Wildman–Crippen MR) is 74.4 cm³/mol. The summed E-state index contributed by atoms with van der Waals surface area (Å²) in [5, 5.41) is 0. The molecule has 0 N–H and O–H groups in total. The number of hydrogen-bond acceptors (Lipinski definition) is 2. The molecule has 1 heterocycles. The smallest absolute Gasteiger partial charge is 0.181 e. The number of rotatable bonds is 7. The number of aromatic nitrogens is 1. The lowest BCUT2D eigenvalue weighted by Gasteiger charge is -2.02. The second-order valence-corrected chi connectivity index (χ2v) is 4.73. The van der Waals surface area contributed by atoms with Crippen LogP contribution in [0.4, 0.5) is 0 Å². The Balaban J connectivity index is 1.81. The van der Waals surface area contributed by atoms with Gasteiger partial charge in [0.05, 0.1) is 6.20 Å². The van der Waals surface area contributed by atoms with Gasteiger partial charge in [-0.2, -0.15) is 0 Å². The van der Waals surface area contributed by atoms with Crippen molar-refractivity contribution in [2.24, 2.45) is 0 Å². The summed E-state index contributed by atoms with van der Waals surface area (Å²) in [6, 6.07) is 8.61. The molecule has 0 saturated carbocycles. The Morgan fingerprint density at radius 2 is 1.78 bits per heavy atom. The Kier molecular flexibility index (Phi) is 5.00. The van der Waals surface area contributed by atoms with E-state index in [1.165, 1.54) is 50.5 Å². The molecule has 0 aliphatic rings. The van der Waals surface area contributed by atoms with E-state index in [1.54, 1.807) is 6.20 Å². The van der Waals surface area contributed by atoms with Gasteiger partial charge in [-0.15, -0.1) is 0 Å². The SMILES string of the molecule is CCCCCCCc1ccc(-c2cnco2)cc1. The van der Waals surface area contributed by atoms with E-state index in [9.17, 15) is 0 Å². The zero-order chi connectivity index (χ0) is 12.6. The first-order valence-electron chi connectivity index (χ1n) is 6.88. The second-order valence-electron chi connectivity index (χ2n) is 4.73. The lowest BCUT2D eigenvalue weighted by Crippen LogP contribution is -1.86. The number of aryl methyl sites for hydroxylation is 1. The van der Waals surface area contributed by atoms with Crippen LogP contribution in [0, 0.1) is 0 Å². The number of hydrogen-bond donors (Lipinski definition) is 0. The fourth-order valence-corrected chi connectivity index (χ4v) is 2.13. The van der Waals surface area contributed by atoms with E-state index in [1.807, 2.05) is 0 Å². The standard InChI is InChI=1S/C16H21NO/c1-2-3-4-5-6-7-14-8-10-15(11-9-14)16-12-17-13-18-16/h8-13H,2-7H2,1H3. The maximum atomic E-state index is 5.27. The van der Waals surface area contributed by atoms with Crippen molar-refractivity contribution in [2.75, 3.05) is 0 Å². The largest absolute Gasteiger partial charge is 0.444 e. The van der Waals surface area contributed by atoms with E-state index in [0.717, 1.165) is 11.3 Å². The predicted octanol–water partition coefficient (Wildman–Crippen LogP) is 4.85. The summed E-state index contributed by atoms with van der Waals surface area (Å²) in [5.74, 6) is 0.837. The van der Waals surface area contributed by atoms with E-state index < -0.39 is 0 Å². The van der Waals surface area contributed by atoms with Crippen molar-refractivity contribution in [1.29, 1.82) is 0 Å². The molecule has 1 aromatic carbocycles. The molecule has 0 spiro atoms. The molecule has 0 unspecified atom stereocenters. The monoisotopic (exact) mass is 243 g/mol. The van der Waals surface area contributed by atoms with Crippen LogP contribution in [0.5, 0.6) is 0 Å². The lowest BCUT2D eigenvalue weighted by atomic mass is 10.0. The summed E-state index contributed by atoms with van der Waals surface area (Å²) in [7, 11) is 0. The summed E-state index contributed by atoms with van der Waals surface area (Å²) in [6.07, 6.45) is 11.1.